The minimum atomic E-state index is -0.217. The molecule has 2 amide bonds. The zero-order valence-corrected chi connectivity index (χ0v) is 18.7. The average molecular weight is 457 g/mol. The van der Waals surface area contributed by atoms with E-state index in [4.69, 9.17) is 13.9 Å². The van der Waals surface area contributed by atoms with Crippen LogP contribution in [-0.4, -0.2) is 35.8 Å². The molecule has 0 radical (unpaired) electrons. The van der Waals surface area contributed by atoms with E-state index in [-0.39, 0.29) is 24.8 Å². The van der Waals surface area contributed by atoms with Gasteiger partial charge in [-0.15, -0.1) is 0 Å². The van der Waals surface area contributed by atoms with E-state index < -0.39 is 0 Å². The van der Waals surface area contributed by atoms with Gasteiger partial charge in [-0.2, -0.15) is 16.9 Å². The molecule has 0 saturated carbocycles. The molecular weight excluding hydrogens is 432 g/mol. The predicted molar refractivity (Wildman–Crippen MR) is 120 cm³/mol. The van der Waals surface area contributed by atoms with Gasteiger partial charge in [0.25, 0.3) is 0 Å². The highest BCUT2D eigenvalue weighted by Crippen LogP contribution is 2.35. The molecule has 0 spiro atoms. The quantitative estimate of drug-likeness (QED) is 0.510. The van der Waals surface area contributed by atoms with Crippen molar-refractivity contribution in [3.63, 3.8) is 0 Å². The maximum absolute atomic E-state index is 12.8. The first-order valence-corrected chi connectivity index (χ1v) is 11.2. The van der Waals surface area contributed by atoms with E-state index in [2.05, 4.69) is 15.7 Å². The summed E-state index contributed by atoms with van der Waals surface area (Å²) in [5, 5.41) is 10.3. The number of furan rings is 1. The van der Waals surface area contributed by atoms with Gasteiger partial charge in [0.05, 0.1) is 39.1 Å². The van der Waals surface area contributed by atoms with Crippen LogP contribution in [0.15, 0.2) is 41.0 Å². The highest BCUT2D eigenvalue weighted by Gasteiger charge is 2.25. The van der Waals surface area contributed by atoms with Gasteiger partial charge in [0.15, 0.2) is 11.5 Å². The zero-order valence-electron chi connectivity index (χ0n) is 17.8. The van der Waals surface area contributed by atoms with Gasteiger partial charge in [0, 0.05) is 17.1 Å². The standard InChI is InChI=1S/C22H24N4O5S/c1-29-18-6-5-14(8-19(18)30-2)9-20(27)24-22-16-12-32-13-17(16)25-26(22)11-21(28)23-10-15-4-3-7-31-15/h3-8H,9-13H2,1-2H3,(H,23,28)(H,24,27). The molecule has 0 bridgehead atoms. The number of anilines is 1. The molecule has 2 aromatic heterocycles. The molecule has 0 atom stereocenters. The maximum Gasteiger partial charge on any atom is 0.242 e. The van der Waals surface area contributed by atoms with Crippen molar-refractivity contribution in [2.45, 2.75) is 31.0 Å². The third-order valence-electron chi connectivity index (χ3n) is 5.02. The lowest BCUT2D eigenvalue weighted by atomic mass is 10.1. The topological polar surface area (TPSA) is 108 Å². The smallest absolute Gasteiger partial charge is 0.242 e. The third kappa shape index (κ3) is 4.91. The summed E-state index contributed by atoms with van der Waals surface area (Å²) in [6.07, 6.45) is 1.71. The largest absolute Gasteiger partial charge is 0.493 e. The molecule has 4 rings (SSSR count). The molecule has 1 aromatic carbocycles. The lowest BCUT2D eigenvalue weighted by molar-refractivity contribution is -0.122. The molecule has 32 heavy (non-hydrogen) atoms. The van der Waals surface area contributed by atoms with E-state index in [0.29, 0.717) is 29.6 Å². The van der Waals surface area contributed by atoms with Crippen LogP contribution in [0, 0.1) is 0 Å². The second kappa shape index (κ2) is 9.82. The highest BCUT2D eigenvalue weighted by molar-refractivity contribution is 7.98. The van der Waals surface area contributed by atoms with Gasteiger partial charge in [0.1, 0.15) is 18.1 Å². The van der Waals surface area contributed by atoms with E-state index in [0.717, 1.165) is 28.3 Å². The summed E-state index contributed by atoms with van der Waals surface area (Å²) in [6.45, 7) is 0.300. The fourth-order valence-electron chi connectivity index (χ4n) is 3.46. The first-order valence-electron chi connectivity index (χ1n) is 10.0. The number of nitrogens with one attached hydrogen (secondary N) is 2. The average Bonchev–Trinajstić information content (AvgIpc) is 3.52. The van der Waals surface area contributed by atoms with E-state index in [1.54, 1.807) is 61.2 Å². The molecule has 9 nitrogen and oxygen atoms in total. The fourth-order valence-corrected chi connectivity index (χ4v) is 4.50. The summed E-state index contributed by atoms with van der Waals surface area (Å²) in [7, 11) is 3.12. The molecular formula is C22H24N4O5S. The third-order valence-corrected chi connectivity index (χ3v) is 5.99. The van der Waals surface area contributed by atoms with Crippen LogP contribution < -0.4 is 20.1 Å². The van der Waals surface area contributed by atoms with Crippen molar-refractivity contribution < 1.29 is 23.5 Å². The summed E-state index contributed by atoms with van der Waals surface area (Å²) in [5.74, 6) is 3.49. The van der Waals surface area contributed by atoms with Gasteiger partial charge in [-0.25, -0.2) is 4.68 Å². The van der Waals surface area contributed by atoms with E-state index in [9.17, 15) is 9.59 Å². The van der Waals surface area contributed by atoms with Crippen molar-refractivity contribution in [2.24, 2.45) is 0 Å². The molecule has 0 fully saturated rings. The molecule has 0 saturated heterocycles. The maximum atomic E-state index is 12.8. The van der Waals surface area contributed by atoms with Gasteiger partial charge < -0.3 is 24.5 Å². The van der Waals surface area contributed by atoms with E-state index in [1.807, 2.05) is 6.07 Å². The molecule has 3 aromatic rings. The normalized spacial score (nSPS) is 12.3. The second-order valence-corrected chi connectivity index (χ2v) is 8.18. The van der Waals surface area contributed by atoms with Crippen molar-refractivity contribution >= 4 is 29.4 Å². The molecule has 0 aliphatic carbocycles. The Bertz CT molecular complexity index is 1110. The summed E-state index contributed by atoms with van der Waals surface area (Å²) >= 11 is 1.73. The molecule has 0 unspecified atom stereocenters. The Hall–Kier alpha value is -3.40. The van der Waals surface area contributed by atoms with Crippen LogP contribution in [0.5, 0.6) is 11.5 Å². The Morgan fingerprint density at radius 1 is 1.16 bits per heavy atom. The number of nitrogens with zero attached hydrogens (tertiary/aromatic N) is 2. The Morgan fingerprint density at radius 3 is 2.75 bits per heavy atom. The van der Waals surface area contributed by atoms with E-state index >= 15 is 0 Å². The van der Waals surface area contributed by atoms with Crippen molar-refractivity contribution in [2.75, 3.05) is 19.5 Å². The monoisotopic (exact) mass is 456 g/mol. The highest BCUT2D eigenvalue weighted by atomic mass is 32.2. The number of thioether (sulfide) groups is 1. The molecule has 168 valence electrons. The summed E-state index contributed by atoms with van der Waals surface area (Å²) in [4.78, 5) is 25.2. The van der Waals surface area contributed by atoms with E-state index in [1.165, 1.54) is 0 Å². The van der Waals surface area contributed by atoms with Gasteiger partial charge in [-0.3, -0.25) is 9.59 Å². The van der Waals surface area contributed by atoms with Crippen LogP contribution in [0.3, 0.4) is 0 Å². The van der Waals surface area contributed by atoms with Crippen molar-refractivity contribution in [3.8, 4) is 11.5 Å². The summed E-state index contributed by atoms with van der Waals surface area (Å²) in [6, 6.07) is 8.92. The van der Waals surface area contributed by atoms with Gasteiger partial charge in [-0.1, -0.05) is 6.07 Å². The number of rotatable bonds is 9. The zero-order chi connectivity index (χ0) is 22.5. The predicted octanol–water partition coefficient (Wildman–Crippen LogP) is 2.74. The van der Waals surface area contributed by atoms with Gasteiger partial charge in [0.2, 0.25) is 11.8 Å². The van der Waals surface area contributed by atoms with Crippen LogP contribution >= 0.6 is 11.8 Å². The molecule has 1 aliphatic rings. The number of ether oxygens (including phenoxy) is 2. The van der Waals surface area contributed by atoms with Gasteiger partial charge >= 0.3 is 0 Å². The molecule has 10 heteroatoms. The Balaban J connectivity index is 1.44. The lowest BCUT2D eigenvalue weighted by Gasteiger charge is -2.12. The Kier molecular flexibility index (Phi) is 6.69. The Labute approximate surface area is 189 Å². The fraction of sp³-hybridized carbons (Fsp3) is 0.318. The minimum Gasteiger partial charge on any atom is -0.493 e. The first kappa shape index (κ1) is 21.8. The van der Waals surface area contributed by atoms with Crippen LogP contribution in [0.4, 0.5) is 5.82 Å². The number of hydrogen-bond donors (Lipinski definition) is 2. The molecule has 3 heterocycles. The van der Waals surface area contributed by atoms with Crippen molar-refractivity contribution in [3.05, 3.63) is 59.2 Å². The number of fused-ring (bicyclic) bond motifs is 1. The van der Waals surface area contributed by atoms with Crippen LogP contribution in [-0.2, 0) is 40.6 Å². The van der Waals surface area contributed by atoms with Crippen LogP contribution in [0.25, 0.3) is 0 Å². The summed E-state index contributed by atoms with van der Waals surface area (Å²) < 4.78 is 17.4. The number of benzene rings is 1. The van der Waals surface area contributed by atoms with Crippen LogP contribution in [0.2, 0.25) is 0 Å². The number of aromatic nitrogens is 2. The molecule has 1 aliphatic heterocycles. The number of carbonyl (C=O) groups excluding carboxylic acids is 2. The van der Waals surface area contributed by atoms with Crippen LogP contribution in [0.1, 0.15) is 22.6 Å². The number of carbonyl (C=O) groups is 2. The first-order chi connectivity index (χ1) is 15.6. The molecule has 2 N–H and O–H groups in total. The van der Waals surface area contributed by atoms with Crippen molar-refractivity contribution in [1.29, 1.82) is 0 Å². The lowest BCUT2D eigenvalue weighted by Crippen LogP contribution is -2.29. The number of hydrogen-bond acceptors (Lipinski definition) is 7. The second-order valence-electron chi connectivity index (χ2n) is 7.19. The summed E-state index contributed by atoms with van der Waals surface area (Å²) in [5.41, 5.74) is 2.65. The van der Waals surface area contributed by atoms with Gasteiger partial charge in [-0.05, 0) is 29.8 Å². The SMILES string of the molecule is COc1ccc(CC(=O)Nc2c3c(nn2CC(=O)NCc2ccco2)CSC3)cc1OC. The number of methoxy groups -OCH3 is 2. The minimum absolute atomic E-state index is 0.00431. The van der Waals surface area contributed by atoms with Crippen molar-refractivity contribution in [1.82, 2.24) is 15.1 Å². The Morgan fingerprint density at radius 2 is 2.00 bits per heavy atom. The number of amides is 2.